The van der Waals surface area contributed by atoms with Gasteiger partial charge in [0, 0.05) is 57.5 Å². The number of rotatable bonds is 7. The van der Waals surface area contributed by atoms with Gasteiger partial charge in [-0.2, -0.15) is 0 Å². The number of hydrogen-bond donors (Lipinski definition) is 1. The number of aryl methyl sites for hydroxylation is 1. The SMILES string of the molecule is COC(=O)NCC1CN(CCN(C)C(=O)c2ccc([N+](=O)[O-])cc2C)CCO1. The number of non-ortho nitro benzene ring substituents is 1. The van der Waals surface area contributed by atoms with E-state index in [0.717, 1.165) is 6.54 Å². The van der Waals surface area contributed by atoms with Crippen molar-refractivity contribution in [2.24, 2.45) is 0 Å². The summed E-state index contributed by atoms with van der Waals surface area (Å²) in [7, 11) is 3.02. The summed E-state index contributed by atoms with van der Waals surface area (Å²) in [6, 6.07) is 4.24. The Kier molecular flexibility index (Phi) is 7.70. The predicted molar refractivity (Wildman–Crippen MR) is 101 cm³/mol. The number of ether oxygens (including phenoxy) is 2. The van der Waals surface area contributed by atoms with Gasteiger partial charge in [0.15, 0.2) is 0 Å². The zero-order valence-corrected chi connectivity index (χ0v) is 16.3. The number of nitrogens with one attached hydrogen (secondary N) is 1. The first kappa shape index (κ1) is 21.6. The minimum absolute atomic E-state index is 0.0309. The molecule has 0 spiro atoms. The normalized spacial score (nSPS) is 17.0. The molecule has 10 nitrogen and oxygen atoms in total. The van der Waals surface area contributed by atoms with Gasteiger partial charge in [-0.3, -0.25) is 19.8 Å². The largest absolute Gasteiger partial charge is 0.453 e. The third kappa shape index (κ3) is 5.89. The van der Waals surface area contributed by atoms with E-state index in [-0.39, 0.29) is 17.7 Å². The lowest BCUT2D eigenvalue weighted by Crippen LogP contribution is -2.49. The van der Waals surface area contributed by atoms with Gasteiger partial charge in [0.2, 0.25) is 0 Å². The summed E-state index contributed by atoms with van der Waals surface area (Å²) in [5.41, 5.74) is 0.998. The van der Waals surface area contributed by atoms with Gasteiger partial charge < -0.3 is 19.7 Å². The molecule has 0 bridgehead atoms. The third-order valence-electron chi connectivity index (χ3n) is 4.63. The third-order valence-corrected chi connectivity index (χ3v) is 4.63. The molecule has 1 aromatic rings. The van der Waals surface area contributed by atoms with E-state index in [1.807, 2.05) is 0 Å². The smallest absolute Gasteiger partial charge is 0.406 e. The molecule has 1 aliphatic rings. The van der Waals surface area contributed by atoms with Gasteiger partial charge in [-0.1, -0.05) is 0 Å². The molecule has 0 saturated carbocycles. The van der Waals surface area contributed by atoms with Crippen LogP contribution in [-0.2, 0) is 9.47 Å². The number of amides is 2. The molecule has 1 fully saturated rings. The summed E-state index contributed by atoms with van der Waals surface area (Å²) in [6.07, 6.45) is -0.629. The monoisotopic (exact) mass is 394 g/mol. The van der Waals surface area contributed by atoms with Crippen molar-refractivity contribution < 1.29 is 24.0 Å². The molecule has 154 valence electrons. The Bertz CT molecular complexity index is 726. The van der Waals surface area contributed by atoms with Gasteiger partial charge in [0.25, 0.3) is 11.6 Å². The number of hydrogen-bond acceptors (Lipinski definition) is 7. The van der Waals surface area contributed by atoms with E-state index in [2.05, 4.69) is 15.0 Å². The van der Waals surface area contributed by atoms with Crippen LogP contribution in [0.15, 0.2) is 18.2 Å². The van der Waals surface area contributed by atoms with E-state index in [4.69, 9.17) is 4.74 Å². The van der Waals surface area contributed by atoms with E-state index in [1.165, 1.54) is 25.3 Å². The van der Waals surface area contributed by atoms with Crippen molar-refractivity contribution in [1.29, 1.82) is 0 Å². The Balaban J connectivity index is 1.85. The fourth-order valence-corrected chi connectivity index (χ4v) is 2.98. The lowest BCUT2D eigenvalue weighted by Gasteiger charge is -2.33. The van der Waals surface area contributed by atoms with E-state index < -0.39 is 11.0 Å². The molecule has 10 heteroatoms. The van der Waals surface area contributed by atoms with Crippen LogP contribution in [0.2, 0.25) is 0 Å². The van der Waals surface area contributed by atoms with Crippen LogP contribution in [0.3, 0.4) is 0 Å². The first-order chi connectivity index (χ1) is 13.3. The Morgan fingerprint density at radius 3 is 2.86 bits per heavy atom. The fourth-order valence-electron chi connectivity index (χ4n) is 2.98. The number of benzene rings is 1. The van der Waals surface area contributed by atoms with Gasteiger partial charge in [0.05, 0.1) is 24.7 Å². The van der Waals surface area contributed by atoms with E-state index in [1.54, 1.807) is 18.9 Å². The molecule has 1 atom stereocenters. The molecule has 0 aliphatic carbocycles. The second-order valence-electron chi connectivity index (χ2n) is 6.65. The number of carbonyl (C=O) groups excluding carboxylic acids is 2. The van der Waals surface area contributed by atoms with Crippen molar-refractivity contribution in [1.82, 2.24) is 15.1 Å². The van der Waals surface area contributed by atoms with Crippen LogP contribution >= 0.6 is 0 Å². The Morgan fingerprint density at radius 1 is 1.46 bits per heavy atom. The average molecular weight is 394 g/mol. The van der Waals surface area contributed by atoms with Gasteiger partial charge in [-0.25, -0.2) is 4.79 Å². The van der Waals surface area contributed by atoms with Crippen LogP contribution < -0.4 is 5.32 Å². The fraction of sp³-hybridized carbons (Fsp3) is 0.556. The van der Waals surface area contributed by atoms with Gasteiger partial charge >= 0.3 is 6.09 Å². The maximum absolute atomic E-state index is 12.6. The van der Waals surface area contributed by atoms with E-state index in [9.17, 15) is 19.7 Å². The van der Waals surface area contributed by atoms with Crippen molar-refractivity contribution in [3.63, 3.8) is 0 Å². The number of morpholine rings is 1. The molecule has 1 unspecified atom stereocenters. The summed E-state index contributed by atoms with van der Waals surface area (Å²) < 4.78 is 10.2. The van der Waals surface area contributed by atoms with Crippen molar-refractivity contribution in [3.05, 3.63) is 39.4 Å². The second-order valence-corrected chi connectivity index (χ2v) is 6.65. The molecule has 1 saturated heterocycles. The number of nitro benzene ring substituents is 1. The molecule has 1 aliphatic heterocycles. The molecule has 1 N–H and O–H groups in total. The lowest BCUT2D eigenvalue weighted by atomic mass is 10.1. The maximum Gasteiger partial charge on any atom is 0.406 e. The minimum Gasteiger partial charge on any atom is -0.453 e. The molecule has 1 heterocycles. The molecule has 2 amide bonds. The highest BCUT2D eigenvalue weighted by Crippen LogP contribution is 2.18. The van der Waals surface area contributed by atoms with Crippen LogP contribution in [0, 0.1) is 17.0 Å². The summed E-state index contributed by atoms with van der Waals surface area (Å²) >= 11 is 0. The zero-order valence-electron chi connectivity index (χ0n) is 16.3. The molecule has 2 rings (SSSR count). The number of nitrogens with zero attached hydrogens (tertiary/aromatic N) is 3. The van der Waals surface area contributed by atoms with Crippen LogP contribution in [0.25, 0.3) is 0 Å². The highest BCUT2D eigenvalue weighted by Gasteiger charge is 2.22. The Morgan fingerprint density at radius 2 is 2.21 bits per heavy atom. The standard InChI is InChI=1S/C18H26N4O6/c1-13-10-14(22(25)26)4-5-16(13)17(23)20(2)6-7-21-8-9-28-15(12-21)11-19-18(24)27-3/h4-5,10,15H,6-9,11-12H2,1-3H3,(H,19,24). The molecular weight excluding hydrogens is 368 g/mol. The summed E-state index contributed by atoms with van der Waals surface area (Å²) in [5.74, 6) is -0.176. The summed E-state index contributed by atoms with van der Waals surface area (Å²) in [5, 5.41) is 13.5. The second kappa shape index (κ2) is 10.00. The predicted octanol–water partition coefficient (Wildman–Crippen LogP) is 1.03. The highest BCUT2D eigenvalue weighted by molar-refractivity contribution is 5.95. The first-order valence-corrected chi connectivity index (χ1v) is 8.98. The topological polar surface area (TPSA) is 114 Å². The van der Waals surface area contributed by atoms with Crippen molar-refractivity contribution in [2.45, 2.75) is 13.0 Å². The van der Waals surface area contributed by atoms with Gasteiger partial charge in [-0.05, 0) is 18.6 Å². The summed E-state index contributed by atoms with van der Waals surface area (Å²) in [6.45, 7) is 5.15. The van der Waals surface area contributed by atoms with Gasteiger partial charge in [0.1, 0.15) is 0 Å². The quantitative estimate of drug-likeness (QED) is 0.543. The summed E-state index contributed by atoms with van der Waals surface area (Å²) in [4.78, 5) is 37.9. The molecule has 0 aromatic heterocycles. The molecule has 0 radical (unpaired) electrons. The number of alkyl carbamates (subject to hydrolysis) is 1. The van der Waals surface area contributed by atoms with E-state index in [0.29, 0.717) is 43.9 Å². The van der Waals surface area contributed by atoms with Crippen molar-refractivity contribution in [2.75, 3.05) is 53.5 Å². The zero-order chi connectivity index (χ0) is 20.7. The Hall–Kier alpha value is -2.72. The Labute approximate surface area is 163 Å². The van der Waals surface area contributed by atoms with Crippen LogP contribution in [0.4, 0.5) is 10.5 Å². The molecule has 1 aromatic carbocycles. The van der Waals surface area contributed by atoms with Crippen LogP contribution in [0.1, 0.15) is 15.9 Å². The van der Waals surface area contributed by atoms with Crippen LogP contribution in [0.5, 0.6) is 0 Å². The molecule has 28 heavy (non-hydrogen) atoms. The number of likely N-dealkylation sites (N-methyl/N-ethyl adjacent to an activating group) is 1. The van der Waals surface area contributed by atoms with Crippen molar-refractivity contribution in [3.8, 4) is 0 Å². The number of nitro groups is 1. The molecular formula is C18H26N4O6. The maximum atomic E-state index is 12.6. The van der Waals surface area contributed by atoms with Crippen molar-refractivity contribution >= 4 is 17.7 Å². The minimum atomic E-state index is -0.496. The highest BCUT2D eigenvalue weighted by atomic mass is 16.6. The first-order valence-electron chi connectivity index (χ1n) is 8.98. The number of methoxy groups -OCH3 is 1. The van der Waals surface area contributed by atoms with E-state index >= 15 is 0 Å². The van der Waals surface area contributed by atoms with Gasteiger partial charge in [-0.15, -0.1) is 0 Å². The lowest BCUT2D eigenvalue weighted by molar-refractivity contribution is -0.384. The van der Waals surface area contributed by atoms with Crippen LogP contribution in [-0.4, -0.2) is 86.3 Å². The number of carbonyl (C=O) groups is 2. The average Bonchev–Trinajstić information content (AvgIpc) is 2.69.